The molecule has 0 saturated heterocycles. The van der Waals surface area contributed by atoms with Crippen LogP contribution < -0.4 is 0 Å². The average molecular weight is 281 g/mol. The fourth-order valence-corrected chi connectivity index (χ4v) is 2.37. The number of aliphatic carboxylic acids is 1. The van der Waals surface area contributed by atoms with Gasteiger partial charge in [0.1, 0.15) is 12.2 Å². The van der Waals surface area contributed by atoms with Gasteiger partial charge in [0, 0.05) is 6.20 Å². The summed E-state index contributed by atoms with van der Waals surface area (Å²) >= 11 is 0. The maximum absolute atomic E-state index is 11.2. The number of fused-ring (bicyclic) bond motifs is 1. The van der Waals surface area contributed by atoms with Gasteiger partial charge in [-0.25, -0.2) is 4.98 Å². The summed E-state index contributed by atoms with van der Waals surface area (Å²) in [7, 11) is 0. The predicted octanol–water partition coefficient (Wildman–Crippen LogP) is 2.80. The molecule has 0 aliphatic heterocycles. The van der Waals surface area contributed by atoms with Crippen LogP contribution in [0.2, 0.25) is 0 Å². The van der Waals surface area contributed by atoms with E-state index in [1.807, 2.05) is 44.2 Å². The highest BCUT2D eigenvalue weighted by Crippen LogP contribution is 2.25. The maximum atomic E-state index is 11.2. The summed E-state index contributed by atoms with van der Waals surface area (Å²) in [6, 6.07) is 9.48. The van der Waals surface area contributed by atoms with Crippen LogP contribution in [0.1, 0.15) is 11.1 Å². The molecule has 2 heterocycles. The molecular weight excluding hydrogens is 266 g/mol. The van der Waals surface area contributed by atoms with E-state index in [0.717, 1.165) is 22.2 Å². The fourth-order valence-electron chi connectivity index (χ4n) is 2.37. The summed E-state index contributed by atoms with van der Waals surface area (Å²) in [6.45, 7) is 3.89. The highest BCUT2D eigenvalue weighted by molar-refractivity contribution is 5.83. The normalized spacial score (nSPS) is 11.0. The van der Waals surface area contributed by atoms with Crippen LogP contribution in [-0.2, 0) is 11.3 Å². The van der Waals surface area contributed by atoms with Gasteiger partial charge in [0.25, 0.3) is 0 Å². The smallest absolute Gasteiger partial charge is 0.323 e. The molecule has 1 N–H and O–H groups in total. The molecule has 3 rings (SSSR count). The number of rotatable bonds is 3. The maximum Gasteiger partial charge on any atom is 0.323 e. The van der Waals surface area contributed by atoms with Crippen LogP contribution in [-0.4, -0.2) is 25.6 Å². The lowest BCUT2D eigenvalue weighted by atomic mass is 10.1. The predicted molar refractivity (Wildman–Crippen MR) is 80.1 cm³/mol. The molecule has 5 nitrogen and oxygen atoms in total. The summed E-state index contributed by atoms with van der Waals surface area (Å²) in [6.07, 6.45) is 1.68. The van der Waals surface area contributed by atoms with Gasteiger partial charge in [-0.2, -0.15) is 0 Å². The van der Waals surface area contributed by atoms with Crippen LogP contribution >= 0.6 is 0 Å². The zero-order chi connectivity index (χ0) is 15.0. The Hall–Kier alpha value is -2.69. The van der Waals surface area contributed by atoms with Crippen LogP contribution in [0.15, 0.2) is 36.5 Å². The van der Waals surface area contributed by atoms with Gasteiger partial charge in [0.15, 0.2) is 5.82 Å². The summed E-state index contributed by atoms with van der Waals surface area (Å²) in [5.41, 5.74) is 4.53. The monoisotopic (exact) mass is 281 g/mol. The van der Waals surface area contributed by atoms with Crippen molar-refractivity contribution >= 4 is 17.0 Å². The molecule has 0 atom stereocenters. The van der Waals surface area contributed by atoms with E-state index in [9.17, 15) is 9.90 Å². The van der Waals surface area contributed by atoms with Crippen molar-refractivity contribution in [3.8, 4) is 11.5 Å². The second-order valence-electron chi connectivity index (χ2n) is 5.06. The van der Waals surface area contributed by atoms with Crippen molar-refractivity contribution in [2.45, 2.75) is 20.4 Å². The first-order valence-corrected chi connectivity index (χ1v) is 6.67. The SMILES string of the molecule is Cc1cc2nc(-c3ccccn3)n(CC(=O)O)c2cc1C. The number of carbonyl (C=O) groups is 1. The topological polar surface area (TPSA) is 68.0 Å². The zero-order valence-electron chi connectivity index (χ0n) is 11.9. The number of aromatic nitrogens is 3. The highest BCUT2D eigenvalue weighted by atomic mass is 16.4. The number of hydrogen-bond acceptors (Lipinski definition) is 3. The van der Waals surface area contributed by atoms with Crippen molar-refractivity contribution in [2.24, 2.45) is 0 Å². The van der Waals surface area contributed by atoms with E-state index in [1.54, 1.807) is 10.8 Å². The average Bonchev–Trinajstić information content (AvgIpc) is 2.78. The Morgan fingerprint density at radius 3 is 2.67 bits per heavy atom. The third-order valence-corrected chi connectivity index (χ3v) is 3.55. The lowest BCUT2D eigenvalue weighted by Gasteiger charge is -2.06. The molecule has 106 valence electrons. The molecule has 0 saturated carbocycles. The molecule has 0 bridgehead atoms. The van der Waals surface area contributed by atoms with E-state index in [-0.39, 0.29) is 6.54 Å². The number of carboxylic acid groups (broad SMARTS) is 1. The number of aryl methyl sites for hydroxylation is 2. The van der Waals surface area contributed by atoms with Crippen molar-refractivity contribution in [1.29, 1.82) is 0 Å². The molecule has 0 amide bonds. The standard InChI is InChI=1S/C16H15N3O2/c1-10-7-13-14(8-11(10)2)19(9-15(20)21)16(18-13)12-5-3-4-6-17-12/h3-8H,9H2,1-2H3,(H,20,21). The van der Waals surface area contributed by atoms with E-state index in [4.69, 9.17) is 0 Å². The lowest BCUT2D eigenvalue weighted by molar-refractivity contribution is -0.137. The van der Waals surface area contributed by atoms with E-state index in [2.05, 4.69) is 9.97 Å². The van der Waals surface area contributed by atoms with Crippen LogP contribution in [0.3, 0.4) is 0 Å². The van der Waals surface area contributed by atoms with Gasteiger partial charge in [0.2, 0.25) is 0 Å². The fraction of sp³-hybridized carbons (Fsp3) is 0.188. The first-order chi connectivity index (χ1) is 10.1. The van der Waals surface area contributed by atoms with E-state index >= 15 is 0 Å². The van der Waals surface area contributed by atoms with Crippen molar-refractivity contribution < 1.29 is 9.90 Å². The van der Waals surface area contributed by atoms with Crippen molar-refractivity contribution in [3.63, 3.8) is 0 Å². The molecule has 2 aromatic heterocycles. The molecule has 5 heteroatoms. The van der Waals surface area contributed by atoms with Crippen molar-refractivity contribution in [2.75, 3.05) is 0 Å². The summed E-state index contributed by atoms with van der Waals surface area (Å²) in [5, 5.41) is 9.17. The van der Waals surface area contributed by atoms with Crippen LogP contribution in [0.5, 0.6) is 0 Å². The Morgan fingerprint density at radius 2 is 2.00 bits per heavy atom. The van der Waals surface area contributed by atoms with Crippen LogP contribution in [0.25, 0.3) is 22.6 Å². The van der Waals surface area contributed by atoms with Crippen LogP contribution in [0, 0.1) is 13.8 Å². The molecule has 3 aromatic rings. The number of hydrogen-bond donors (Lipinski definition) is 1. The first-order valence-electron chi connectivity index (χ1n) is 6.67. The number of carboxylic acids is 1. The highest BCUT2D eigenvalue weighted by Gasteiger charge is 2.16. The van der Waals surface area contributed by atoms with E-state index < -0.39 is 5.97 Å². The Kier molecular flexibility index (Phi) is 3.17. The summed E-state index contributed by atoms with van der Waals surface area (Å²) in [5.74, 6) is -0.317. The molecule has 0 spiro atoms. The molecule has 0 fully saturated rings. The third-order valence-electron chi connectivity index (χ3n) is 3.55. The molecule has 0 aliphatic rings. The molecule has 21 heavy (non-hydrogen) atoms. The number of imidazole rings is 1. The number of nitrogens with zero attached hydrogens (tertiary/aromatic N) is 3. The largest absolute Gasteiger partial charge is 0.480 e. The van der Waals surface area contributed by atoms with Crippen molar-refractivity contribution in [1.82, 2.24) is 14.5 Å². The van der Waals surface area contributed by atoms with Gasteiger partial charge in [-0.05, 0) is 49.2 Å². The van der Waals surface area contributed by atoms with Crippen molar-refractivity contribution in [3.05, 3.63) is 47.7 Å². The summed E-state index contributed by atoms with van der Waals surface area (Å²) in [4.78, 5) is 20.0. The quantitative estimate of drug-likeness (QED) is 0.801. The summed E-state index contributed by atoms with van der Waals surface area (Å²) < 4.78 is 1.70. The van der Waals surface area contributed by atoms with E-state index in [0.29, 0.717) is 11.5 Å². The van der Waals surface area contributed by atoms with Gasteiger partial charge >= 0.3 is 5.97 Å². The molecular formula is C16H15N3O2. The molecule has 0 aliphatic carbocycles. The third kappa shape index (κ3) is 2.38. The first kappa shape index (κ1) is 13.3. The second kappa shape index (κ2) is 5.01. The van der Waals surface area contributed by atoms with Crippen LogP contribution in [0.4, 0.5) is 0 Å². The minimum absolute atomic E-state index is 0.134. The molecule has 0 radical (unpaired) electrons. The lowest BCUT2D eigenvalue weighted by Crippen LogP contribution is -2.10. The molecule has 1 aromatic carbocycles. The Morgan fingerprint density at radius 1 is 1.24 bits per heavy atom. The Balaban J connectivity index is 2.30. The Bertz CT molecular complexity index is 822. The van der Waals surface area contributed by atoms with E-state index in [1.165, 1.54) is 0 Å². The number of benzene rings is 1. The minimum atomic E-state index is -0.898. The van der Waals surface area contributed by atoms with Gasteiger partial charge in [-0.1, -0.05) is 6.07 Å². The van der Waals surface area contributed by atoms with Gasteiger partial charge < -0.3 is 9.67 Å². The Labute approximate surface area is 121 Å². The molecule has 0 unspecified atom stereocenters. The van der Waals surface area contributed by atoms with Gasteiger partial charge in [-0.15, -0.1) is 0 Å². The second-order valence-corrected chi connectivity index (χ2v) is 5.06. The minimum Gasteiger partial charge on any atom is -0.480 e. The number of pyridine rings is 1. The van der Waals surface area contributed by atoms with Gasteiger partial charge in [-0.3, -0.25) is 9.78 Å². The zero-order valence-corrected chi connectivity index (χ0v) is 11.9. The van der Waals surface area contributed by atoms with Gasteiger partial charge in [0.05, 0.1) is 11.0 Å².